The Kier molecular flexibility index (Phi) is 5.77. The fraction of sp³-hybridized carbons (Fsp3) is 0.900. The van der Waals surface area contributed by atoms with E-state index in [1.165, 1.54) is 6.42 Å². The average Bonchev–Trinajstić information content (AvgIpc) is 2.12. The Bertz CT molecular complexity index is 143. The molecule has 0 amide bonds. The smallest absolute Gasteiger partial charge is 0.186 e. The Morgan fingerprint density at radius 2 is 1.92 bits per heavy atom. The van der Waals surface area contributed by atoms with Gasteiger partial charge < -0.3 is 4.74 Å². The predicted octanol–water partition coefficient (Wildman–Crippen LogP) is 2.73. The molecular formula is C10H21NO. The molecule has 2 atom stereocenters. The minimum absolute atomic E-state index is 0.491. The second-order valence-corrected chi connectivity index (χ2v) is 3.17. The van der Waals surface area contributed by atoms with Crippen molar-refractivity contribution < 1.29 is 4.74 Å². The van der Waals surface area contributed by atoms with Crippen molar-refractivity contribution in [2.24, 2.45) is 16.8 Å². The Morgan fingerprint density at radius 1 is 1.33 bits per heavy atom. The van der Waals surface area contributed by atoms with E-state index in [1.54, 1.807) is 14.2 Å². The molecule has 0 fully saturated rings. The van der Waals surface area contributed by atoms with Crippen LogP contribution in [-0.2, 0) is 4.74 Å². The molecule has 0 radical (unpaired) electrons. The number of hydrogen-bond donors (Lipinski definition) is 0. The zero-order chi connectivity index (χ0) is 9.56. The Morgan fingerprint density at radius 3 is 2.17 bits per heavy atom. The zero-order valence-electron chi connectivity index (χ0n) is 8.92. The van der Waals surface area contributed by atoms with E-state index >= 15 is 0 Å². The van der Waals surface area contributed by atoms with Crippen molar-refractivity contribution in [2.75, 3.05) is 14.2 Å². The fourth-order valence-corrected chi connectivity index (χ4v) is 1.51. The molecule has 0 rings (SSSR count). The Hall–Kier alpha value is -0.530. The van der Waals surface area contributed by atoms with Gasteiger partial charge in [-0.25, -0.2) is 0 Å². The number of aliphatic imine (C=N–C) groups is 1. The lowest BCUT2D eigenvalue weighted by molar-refractivity contribution is 0.316. The molecule has 0 aromatic heterocycles. The molecule has 0 spiro atoms. The van der Waals surface area contributed by atoms with Crippen molar-refractivity contribution in [1.82, 2.24) is 0 Å². The predicted molar refractivity (Wildman–Crippen MR) is 53.6 cm³/mol. The van der Waals surface area contributed by atoms with Gasteiger partial charge >= 0.3 is 0 Å². The molecule has 0 aliphatic heterocycles. The number of methoxy groups -OCH3 is 1. The summed E-state index contributed by atoms with van der Waals surface area (Å²) in [4.78, 5) is 4.14. The van der Waals surface area contributed by atoms with Gasteiger partial charge in [0.2, 0.25) is 0 Å². The third kappa shape index (κ3) is 2.84. The summed E-state index contributed by atoms with van der Waals surface area (Å²) >= 11 is 0. The summed E-state index contributed by atoms with van der Waals surface area (Å²) < 4.78 is 5.23. The fourth-order valence-electron chi connectivity index (χ4n) is 1.51. The summed E-state index contributed by atoms with van der Waals surface area (Å²) in [6, 6.07) is 0. The van der Waals surface area contributed by atoms with Gasteiger partial charge in [0.15, 0.2) is 5.90 Å². The van der Waals surface area contributed by atoms with Crippen molar-refractivity contribution >= 4 is 5.90 Å². The molecule has 0 saturated heterocycles. The van der Waals surface area contributed by atoms with Crippen LogP contribution in [0.4, 0.5) is 0 Å². The highest BCUT2D eigenvalue weighted by Crippen LogP contribution is 2.20. The lowest BCUT2D eigenvalue weighted by atomic mass is 9.89. The maximum atomic E-state index is 5.23. The van der Waals surface area contributed by atoms with Gasteiger partial charge in [0.25, 0.3) is 0 Å². The van der Waals surface area contributed by atoms with E-state index in [-0.39, 0.29) is 0 Å². The van der Waals surface area contributed by atoms with Crippen LogP contribution in [0.15, 0.2) is 4.99 Å². The van der Waals surface area contributed by atoms with E-state index in [9.17, 15) is 0 Å². The van der Waals surface area contributed by atoms with Crippen LogP contribution in [0.2, 0.25) is 0 Å². The van der Waals surface area contributed by atoms with Gasteiger partial charge in [0.05, 0.1) is 7.11 Å². The number of hydrogen-bond acceptors (Lipinski definition) is 2. The number of rotatable bonds is 4. The van der Waals surface area contributed by atoms with E-state index in [0.717, 1.165) is 12.3 Å². The van der Waals surface area contributed by atoms with Gasteiger partial charge in [-0.3, -0.25) is 4.99 Å². The Labute approximate surface area is 76.0 Å². The van der Waals surface area contributed by atoms with E-state index in [4.69, 9.17) is 4.74 Å². The standard InChI is InChI=1S/C10H21NO/c1-6-8(3)9(7-2)10(11-4)12-5/h8-9H,6-7H2,1-5H3/b11-10+. The first-order valence-electron chi connectivity index (χ1n) is 4.71. The number of ether oxygens (including phenoxy) is 1. The van der Waals surface area contributed by atoms with Crippen LogP contribution in [-0.4, -0.2) is 20.1 Å². The van der Waals surface area contributed by atoms with Crippen LogP contribution < -0.4 is 0 Å². The quantitative estimate of drug-likeness (QED) is 0.471. The van der Waals surface area contributed by atoms with E-state index in [0.29, 0.717) is 11.8 Å². The van der Waals surface area contributed by atoms with Crippen molar-refractivity contribution in [3.05, 3.63) is 0 Å². The molecule has 0 aliphatic carbocycles. The molecule has 2 nitrogen and oxygen atoms in total. The molecule has 2 unspecified atom stereocenters. The minimum atomic E-state index is 0.491. The largest absolute Gasteiger partial charge is 0.484 e. The van der Waals surface area contributed by atoms with Crippen molar-refractivity contribution in [3.8, 4) is 0 Å². The maximum absolute atomic E-state index is 5.23. The first-order chi connectivity index (χ1) is 5.71. The van der Waals surface area contributed by atoms with Crippen LogP contribution >= 0.6 is 0 Å². The van der Waals surface area contributed by atoms with Crippen molar-refractivity contribution in [3.63, 3.8) is 0 Å². The molecule has 0 N–H and O–H groups in total. The van der Waals surface area contributed by atoms with E-state index in [1.807, 2.05) is 0 Å². The van der Waals surface area contributed by atoms with Gasteiger partial charge in [-0.05, 0) is 12.3 Å². The van der Waals surface area contributed by atoms with Crippen LogP contribution in [0, 0.1) is 11.8 Å². The highest BCUT2D eigenvalue weighted by molar-refractivity contribution is 5.78. The van der Waals surface area contributed by atoms with E-state index < -0.39 is 0 Å². The second-order valence-electron chi connectivity index (χ2n) is 3.17. The van der Waals surface area contributed by atoms with E-state index in [2.05, 4.69) is 25.8 Å². The first kappa shape index (κ1) is 11.5. The first-order valence-corrected chi connectivity index (χ1v) is 4.71. The SMILES string of the molecule is CCC(C)C(CC)/C(=N\C)OC. The molecule has 72 valence electrons. The zero-order valence-corrected chi connectivity index (χ0v) is 8.92. The average molecular weight is 171 g/mol. The highest BCUT2D eigenvalue weighted by atomic mass is 16.5. The lowest BCUT2D eigenvalue weighted by Crippen LogP contribution is -2.22. The van der Waals surface area contributed by atoms with Gasteiger partial charge in [0.1, 0.15) is 0 Å². The molecule has 12 heavy (non-hydrogen) atoms. The van der Waals surface area contributed by atoms with Crippen LogP contribution in [0.5, 0.6) is 0 Å². The Balaban J connectivity index is 4.31. The van der Waals surface area contributed by atoms with Crippen LogP contribution in [0.1, 0.15) is 33.6 Å². The lowest BCUT2D eigenvalue weighted by Gasteiger charge is -2.21. The normalized spacial score (nSPS) is 17.2. The highest BCUT2D eigenvalue weighted by Gasteiger charge is 2.19. The van der Waals surface area contributed by atoms with Crippen LogP contribution in [0.25, 0.3) is 0 Å². The second kappa shape index (κ2) is 6.04. The molecule has 0 aromatic carbocycles. The van der Waals surface area contributed by atoms with Gasteiger partial charge in [0, 0.05) is 13.0 Å². The summed E-state index contributed by atoms with van der Waals surface area (Å²) in [6.45, 7) is 6.63. The molecule has 0 bridgehead atoms. The van der Waals surface area contributed by atoms with Crippen molar-refractivity contribution in [1.29, 1.82) is 0 Å². The maximum Gasteiger partial charge on any atom is 0.186 e. The molecule has 0 aliphatic rings. The van der Waals surface area contributed by atoms with Gasteiger partial charge in [-0.2, -0.15) is 0 Å². The van der Waals surface area contributed by atoms with Crippen molar-refractivity contribution in [2.45, 2.75) is 33.6 Å². The van der Waals surface area contributed by atoms with Gasteiger partial charge in [-0.15, -0.1) is 0 Å². The molecule has 0 saturated carbocycles. The monoisotopic (exact) mass is 171 g/mol. The molecule has 2 heteroatoms. The van der Waals surface area contributed by atoms with Crippen LogP contribution in [0.3, 0.4) is 0 Å². The minimum Gasteiger partial charge on any atom is -0.484 e. The summed E-state index contributed by atoms with van der Waals surface area (Å²) in [5.41, 5.74) is 0. The topological polar surface area (TPSA) is 21.6 Å². The van der Waals surface area contributed by atoms with Gasteiger partial charge in [-0.1, -0.05) is 27.2 Å². The summed E-state index contributed by atoms with van der Waals surface area (Å²) in [5.74, 6) is 2.05. The summed E-state index contributed by atoms with van der Waals surface area (Å²) in [5, 5.41) is 0. The summed E-state index contributed by atoms with van der Waals surface area (Å²) in [7, 11) is 3.50. The summed E-state index contributed by atoms with van der Waals surface area (Å²) in [6.07, 6.45) is 2.29. The molecular weight excluding hydrogens is 150 g/mol. The number of nitrogens with zero attached hydrogens (tertiary/aromatic N) is 1. The molecule has 0 aromatic rings. The molecule has 0 heterocycles. The third-order valence-electron chi connectivity index (χ3n) is 2.52. The third-order valence-corrected chi connectivity index (χ3v) is 2.52.